The average molecular weight is 197 g/mol. The number of hydrogen-bond donors (Lipinski definition) is 1. The first kappa shape index (κ1) is 10.4. The van der Waals surface area contributed by atoms with Crippen LogP contribution in [0.1, 0.15) is 26.2 Å². The zero-order chi connectivity index (χ0) is 9.80. The molecule has 0 aromatic heterocycles. The highest BCUT2D eigenvalue weighted by Crippen LogP contribution is 2.11. The van der Waals surface area contributed by atoms with Crippen molar-refractivity contribution in [3.8, 4) is 0 Å². The van der Waals surface area contributed by atoms with Gasteiger partial charge >= 0.3 is 0 Å². The number of rotatable bonds is 2. The van der Waals surface area contributed by atoms with Crippen LogP contribution in [0.15, 0.2) is 0 Å². The quantitative estimate of drug-likeness (QED) is 0.704. The molecule has 82 valence electrons. The van der Waals surface area contributed by atoms with Gasteiger partial charge in [-0.15, -0.1) is 0 Å². The van der Waals surface area contributed by atoms with Crippen LogP contribution >= 0.6 is 0 Å². The highest BCUT2D eigenvalue weighted by molar-refractivity contribution is 4.76. The summed E-state index contributed by atoms with van der Waals surface area (Å²) in [5.74, 6) is 0. The van der Waals surface area contributed by atoms with E-state index in [2.05, 4.69) is 22.0 Å². The van der Waals surface area contributed by atoms with Crippen molar-refractivity contribution < 1.29 is 0 Å². The van der Waals surface area contributed by atoms with Crippen LogP contribution in [0.2, 0.25) is 0 Å². The lowest BCUT2D eigenvalue weighted by Crippen LogP contribution is -2.53. The summed E-state index contributed by atoms with van der Waals surface area (Å²) in [7, 11) is 0. The monoisotopic (exact) mass is 197 g/mol. The van der Waals surface area contributed by atoms with Gasteiger partial charge in [0.25, 0.3) is 0 Å². The van der Waals surface area contributed by atoms with Gasteiger partial charge in [0.2, 0.25) is 0 Å². The predicted octanol–water partition coefficient (Wildman–Crippen LogP) is 0.723. The molecule has 3 nitrogen and oxygen atoms in total. The van der Waals surface area contributed by atoms with Gasteiger partial charge in [0.15, 0.2) is 0 Å². The minimum atomic E-state index is 0.714. The average Bonchev–Trinajstić information content (AvgIpc) is 2.23. The minimum absolute atomic E-state index is 0.714. The van der Waals surface area contributed by atoms with E-state index in [1.807, 2.05) is 0 Å². The van der Waals surface area contributed by atoms with Gasteiger partial charge in [-0.1, -0.05) is 6.42 Å². The zero-order valence-electron chi connectivity index (χ0n) is 9.34. The lowest BCUT2D eigenvalue weighted by molar-refractivity contribution is 0.0710. The maximum absolute atomic E-state index is 3.44. The van der Waals surface area contributed by atoms with E-state index in [4.69, 9.17) is 0 Å². The number of piperazine rings is 1. The van der Waals surface area contributed by atoms with Gasteiger partial charge in [-0.3, -0.25) is 9.80 Å². The molecule has 2 saturated heterocycles. The molecular formula is C11H23N3. The molecule has 2 aliphatic rings. The molecule has 0 aromatic rings. The Kier molecular flexibility index (Phi) is 3.79. The molecule has 0 aromatic carbocycles. The summed E-state index contributed by atoms with van der Waals surface area (Å²) < 4.78 is 0. The molecule has 1 atom stereocenters. The summed E-state index contributed by atoms with van der Waals surface area (Å²) in [5.41, 5.74) is 0. The highest BCUT2D eigenvalue weighted by atomic mass is 15.3. The standard InChI is InChI=1S/C11H23N3/c1-11-9-12-5-8-14(11)10-13-6-3-2-4-7-13/h11-12H,2-10H2,1H3. The number of likely N-dealkylation sites (tertiary alicyclic amines) is 1. The van der Waals surface area contributed by atoms with E-state index in [9.17, 15) is 0 Å². The van der Waals surface area contributed by atoms with E-state index in [0.717, 1.165) is 13.1 Å². The predicted molar refractivity (Wildman–Crippen MR) is 59.3 cm³/mol. The molecule has 2 aliphatic heterocycles. The normalized spacial score (nSPS) is 31.9. The van der Waals surface area contributed by atoms with Gasteiger partial charge in [0, 0.05) is 25.7 Å². The molecule has 0 amide bonds. The van der Waals surface area contributed by atoms with E-state index < -0.39 is 0 Å². The number of nitrogens with zero attached hydrogens (tertiary/aromatic N) is 2. The van der Waals surface area contributed by atoms with Gasteiger partial charge in [-0.2, -0.15) is 0 Å². The van der Waals surface area contributed by atoms with E-state index in [-0.39, 0.29) is 0 Å². The lowest BCUT2D eigenvalue weighted by atomic mass is 10.1. The summed E-state index contributed by atoms with van der Waals surface area (Å²) in [4.78, 5) is 5.23. The number of nitrogens with one attached hydrogen (secondary N) is 1. The molecule has 0 spiro atoms. The maximum atomic E-state index is 3.44. The van der Waals surface area contributed by atoms with Crippen LogP contribution in [-0.2, 0) is 0 Å². The molecule has 2 rings (SSSR count). The molecule has 1 N–H and O–H groups in total. The van der Waals surface area contributed by atoms with Crippen molar-refractivity contribution in [2.45, 2.75) is 32.2 Å². The second-order valence-electron chi connectivity index (χ2n) is 4.69. The summed E-state index contributed by atoms with van der Waals surface area (Å²) in [6.07, 6.45) is 4.24. The van der Waals surface area contributed by atoms with Gasteiger partial charge in [-0.25, -0.2) is 0 Å². The summed E-state index contributed by atoms with van der Waals surface area (Å²) in [6.45, 7) is 9.70. The molecule has 2 fully saturated rings. The van der Waals surface area contributed by atoms with Crippen LogP contribution in [-0.4, -0.2) is 55.2 Å². The largest absolute Gasteiger partial charge is 0.314 e. The third-order valence-corrected chi connectivity index (χ3v) is 3.47. The summed E-state index contributed by atoms with van der Waals surface area (Å²) in [5, 5.41) is 3.44. The molecule has 0 radical (unpaired) electrons. The van der Waals surface area contributed by atoms with Crippen LogP contribution in [0.3, 0.4) is 0 Å². The van der Waals surface area contributed by atoms with Crippen LogP contribution in [0.25, 0.3) is 0 Å². The van der Waals surface area contributed by atoms with Crippen molar-refractivity contribution in [2.75, 3.05) is 39.4 Å². The highest BCUT2D eigenvalue weighted by Gasteiger charge is 2.20. The minimum Gasteiger partial charge on any atom is -0.314 e. The Bertz CT molecular complexity index is 166. The molecule has 3 heteroatoms. The fourth-order valence-electron chi connectivity index (χ4n) is 2.45. The second kappa shape index (κ2) is 5.10. The Labute approximate surface area is 87.4 Å². The first-order chi connectivity index (χ1) is 6.86. The molecule has 1 unspecified atom stereocenters. The molecule has 14 heavy (non-hydrogen) atoms. The lowest BCUT2D eigenvalue weighted by Gasteiger charge is -2.38. The maximum Gasteiger partial charge on any atom is 0.0509 e. The molecular weight excluding hydrogens is 174 g/mol. The van der Waals surface area contributed by atoms with Gasteiger partial charge < -0.3 is 5.32 Å². The van der Waals surface area contributed by atoms with Gasteiger partial charge in [-0.05, 0) is 32.9 Å². The van der Waals surface area contributed by atoms with Crippen molar-refractivity contribution in [3.05, 3.63) is 0 Å². The molecule has 2 heterocycles. The molecule has 0 bridgehead atoms. The summed E-state index contributed by atoms with van der Waals surface area (Å²) >= 11 is 0. The number of hydrogen-bond acceptors (Lipinski definition) is 3. The number of piperidine rings is 1. The Balaban J connectivity index is 1.76. The SMILES string of the molecule is CC1CNCCN1CN1CCCCC1. The Hall–Kier alpha value is -0.120. The first-order valence-corrected chi connectivity index (χ1v) is 6.03. The second-order valence-corrected chi connectivity index (χ2v) is 4.69. The fourth-order valence-corrected chi connectivity index (χ4v) is 2.45. The van der Waals surface area contributed by atoms with Crippen LogP contribution in [0, 0.1) is 0 Å². The van der Waals surface area contributed by atoms with Crippen molar-refractivity contribution in [1.29, 1.82) is 0 Å². The summed E-state index contributed by atoms with van der Waals surface area (Å²) in [6, 6.07) is 0.714. The first-order valence-electron chi connectivity index (χ1n) is 6.03. The van der Waals surface area contributed by atoms with Crippen LogP contribution in [0.5, 0.6) is 0 Å². The smallest absolute Gasteiger partial charge is 0.0509 e. The van der Waals surface area contributed by atoms with Crippen molar-refractivity contribution in [1.82, 2.24) is 15.1 Å². The fraction of sp³-hybridized carbons (Fsp3) is 1.00. The van der Waals surface area contributed by atoms with Crippen molar-refractivity contribution in [3.63, 3.8) is 0 Å². The van der Waals surface area contributed by atoms with Crippen LogP contribution < -0.4 is 5.32 Å². The van der Waals surface area contributed by atoms with Crippen LogP contribution in [0.4, 0.5) is 0 Å². The molecule has 0 aliphatic carbocycles. The Morgan fingerprint density at radius 1 is 1.14 bits per heavy atom. The Morgan fingerprint density at radius 3 is 2.64 bits per heavy atom. The third kappa shape index (κ3) is 2.69. The van der Waals surface area contributed by atoms with Gasteiger partial charge in [0.05, 0.1) is 6.67 Å². The van der Waals surface area contributed by atoms with Gasteiger partial charge in [0.1, 0.15) is 0 Å². The molecule has 0 saturated carbocycles. The zero-order valence-corrected chi connectivity index (χ0v) is 9.34. The van der Waals surface area contributed by atoms with Crippen molar-refractivity contribution >= 4 is 0 Å². The Morgan fingerprint density at radius 2 is 1.93 bits per heavy atom. The van der Waals surface area contributed by atoms with E-state index >= 15 is 0 Å². The topological polar surface area (TPSA) is 18.5 Å². The van der Waals surface area contributed by atoms with E-state index in [1.54, 1.807) is 0 Å². The van der Waals surface area contributed by atoms with E-state index in [1.165, 1.54) is 45.6 Å². The third-order valence-electron chi connectivity index (χ3n) is 3.47. The van der Waals surface area contributed by atoms with E-state index in [0.29, 0.717) is 6.04 Å². The van der Waals surface area contributed by atoms with Crippen molar-refractivity contribution in [2.24, 2.45) is 0 Å².